The van der Waals surface area contributed by atoms with Crippen LogP contribution in [0.1, 0.15) is 5.56 Å². The number of rotatable bonds is 4. The molecule has 2 rings (SSSR count). The molecule has 0 atom stereocenters. The van der Waals surface area contributed by atoms with Crippen molar-refractivity contribution in [2.75, 3.05) is 17.1 Å². The molecule has 112 valence electrons. The fraction of sp³-hybridized carbons (Fsp3) is 0.154. The van der Waals surface area contributed by atoms with E-state index in [2.05, 4.69) is 31.0 Å². The van der Waals surface area contributed by atoms with E-state index in [1.165, 1.54) is 24.4 Å². The minimum Gasteiger partial charge on any atom is -0.372 e. The zero-order valence-electron chi connectivity index (χ0n) is 11.3. The first kappa shape index (κ1) is 15.7. The third-order valence-corrected chi connectivity index (χ3v) is 4.60. The number of nitrogens with zero attached hydrogens (tertiary/aromatic N) is 1. The van der Waals surface area contributed by atoms with Gasteiger partial charge in [-0.15, -0.1) is 0 Å². The maximum Gasteiger partial charge on any atom is 0.265 e. The Balaban J connectivity index is 2.51. The van der Waals surface area contributed by atoms with Gasteiger partial charge in [0, 0.05) is 17.7 Å². The normalized spacial score (nSPS) is 11.2. The molecule has 1 heterocycles. The Hall–Kier alpha value is -1.67. The summed E-state index contributed by atoms with van der Waals surface area (Å²) in [5.41, 5.74) is 0.423. The first-order valence-corrected chi connectivity index (χ1v) is 8.24. The number of benzene rings is 1. The van der Waals surface area contributed by atoms with Crippen molar-refractivity contribution in [2.24, 2.45) is 0 Å². The Kier molecular flexibility index (Phi) is 4.48. The third-order valence-electron chi connectivity index (χ3n) is 2.80. The number of hydrogen-bond donors (Lipinski definition) is 2. The smallest absolute Gasteiger partial charge is 0.265 e. The van der Waals surface area contributed by atoms with Crippen molar-refractivity contribution < 1.29 is 12.8 Å². The lowest BCUT2D eigenvalue weighted by Crippen LogP contribution is -2.17. The molecule has 0 bridgehead atoms. The molecule has 0 aliphatic carbocycles. The summed E-state index contributed by atoms with van der Waals surface area (Å²) >= 11 is 3.18. The van der Waals surface area contributed by atoms with Crippen LogP contribution in [0.15, 0.2) is 39.8 Å². The molecular weight excluding hydrogens is 361 g/mol. The number of aromatic nitrogens is 1. The van der Waals surface area contributed by atoms with Crippen LogP contribution in [0.5, 0.6) is 0 Å². The molecule has 0 saturated carbocycles. The maximum atomic E-state index is 13.8. The highest BCUT2D eigenvalue weighted by Crippen LogP contribution is 2.27. The second-order valence-electron chi connectivity index (χ2n) is 4.29. The SMILES string of the molecule is CNc1ncc(Br)cc1S(=O)(=O)Nc1c(C)cccc1F. The molecule has 1 aromatic heterocycles. The second-order valence-corrected chi connectivity index (χ2v) is 6.85. The lowest BCUT2D eigenvalue weighted by Gasteiger charge is -2.13. The molecule has 2 aromatic rings. The highest BCUT2D eigenvalue weighted by Gasteiger charge is 2.22. The summed E-state index contributed by atoms with van der Waals surface area (Å²) in [5.74, 6) is -0.452. The van der Waals surface area contributed by atoms with Crippen LogP contribution in [0.2, 0.25) is 0 Å². The highest BCUT2D eigenvalue weighted by molar-refractivity contribution is 9.10. The lowest BCUT2D eigenvalue weighted by atomic mass is 10.2. The Bertz CT molecular complexity index is 761. The van der Waals surface area contributed by atoms with Crippen LogP contribution >= 0.6 is 15.9 Å². The fourth-order valence-electron chi connectivity index (χ4n) is 1.76. The van der Waals surface area contributed by atoms with E-state index in [0.717, 1.165) is 0 Å². The van der Waals surface area contributed by atoms with Crippen LogP contribution in [0, 0.1) is 12.7 Å². The van der Waals surface area contributed by atoms with Gasteiger partial charge in [0.15, 0.2) is 0 Å². The number of pyridine rings is 1. The summed E-state index contributed by atoms with van der Waals surface area (Å²) in [6, 6.07) is 5.74. The van der Waals surface area contributed by atoms with Crippen molar-refractivity contribution in [2.45, 2.75) is 11.8 Å². The second kappa shape index (κ2) is 5.98. The van der Waals surface area contributed by atoms with Gasteiger partial charge >= 0.3 is 0 Å². The van der Waals surface area contributed by atoms with Crippen LogP contribution in [0.4, 0.5) is 15.9 Å². The molecule has 1 aromatic carbocycles. The average molecular weight is 374 g/mol. The van der Waals surface area contributed by atoms with Gasteiger partial charge < -0.3 is 5.32 Å². The molecule has 21 heavy (non-hydrogen) atoms. The van der Waals surface area contributed by atoms with Crippen LogP contribution in [0.3, 0.4) is 0 Å². The standard InChI is InChI=1S/C13H13BrFN3O2S/c1-8-4-3-5-10(15)12(8)18-21(19,20)11-6-9(14)7-17-13(11)16-2/h3-7,18H,1-2H3,(H,16,17). The number of sulfonamides is 1. The molecule has 0 saturated heterocycles. The van der Waals surface area contributed by atoms with Crippen molar-refractivity contribution in [3.8, 4) is 0 Å². The summed E-state index contributed by atoms with van der Waals surface area (Å²) in [5, 5.41) is 2.70. The molecule has 0 radical (unpaired) electrons. The third kappa shape index (κ3) is 3.33. The molecule has 0 unspecified atom stereocenters. The molecule has 5 nitrogen and oxygen atoms in total. The fourth-order valence-corrected chi connectivity index (χ4v) is 3.58. The molecule has 0 spiro atoms. The molecule has 0 aliphatic rings. The number of nitrogens with one attached hydrogen (secondary N) is 2. The molecule has 2 N–H and O–H groups in total. The minimum absolute atomic E-state index is 0.0676. The van der Waals surface area contributed by atoms with E-state index in [4.69, 9.17) is 0 Å². The van der Waals surface area contributed by atoms with Gasteiger partial charge in [-0.3, -0.25) is 4.72 Å². The highest BCUT2D eigenvalue weighted by atomic mass is 79.9. The van der Waals surface area contributed by atoms with Gasteiger partial charge in [0.05, 0.1) is 5.69 Å². The van der Waals surface area contributed by atoms with E-state index in [9.17, 15) is 12.8 Å². The zero-order valence-corrected chi connectivity index (χ0v) is 13.7. The summed E-state index contributed by atoms with van der Waals surface area (Å²) in [4.78, 5) is 3.91. The summed E-state index contributed by atoms with van der Waals surface area (Å²) in [7, 11) is -2.41. The quantitative estimate of drug-likeness (QED) is 0.863. The first-order chi connectivity index (χ1) is 9.85. The predicted molar refractivity (Wildman–Crippen MR) is 83.4 cm³/mol. The molecule has 0 aliphatic heterocycles. The number of anilines is 2. The Labute approximate surface area is 130 Å². The molecular formula is C13H13BrFN3O2S. The van der Waals surface area contributed by atoms with Gasteiger partial charge in [0.2, 0.25) is 0 Å². The van der Waals surface area contributed by atoms with E-state index in [0.29, 0.717) is 10.0 Å². The van der Waals surface area contributed by atoms with Gasteiger partial charge in [-0.25, -0.2) is 17.8 Å². The largest absolute Gasteiger partial charge is 0.372 e. The molecule has 0 fully saturated rings. The van der Waals surface area contributed by atoms with Gasteiger partial charge in [0.25, 0.3) is 10.0 Å². The molecule has 0 amide bonds. The van der Waals surface area contributed by atoms with Crippen molar-refractivity contribution in [3.63, 3.8) is 0 Å². The first-order valence-electron chi connectivity index (χ1n) is 5.96. The Morgan fingerprint density at radius 3 is 2.67 bits per heavy atom. The zero-order chi connectivity index (χ0) is 15.6. The number of para-hydroxylation sites is 1. The van der Waals surface area contributed by atoms with Crippen LogP contribution in [0.25, 0.3) is 0 Å². The minimum atomic E-state index is -3.97. The summed E-state index contributed by atoms with van der Waals surface area (Å²) in [6.45, 7) is 1.62. The number of aryl methyl sites for hydroxylation is 1. The summed E-state index contributed by atoms with van der Waals surface area (Å²) in [6.07, 6.45) is 1.47. The van der Waals surface area contributed by atoms with Gasteiger partial charge in [0.1, 0.15) is 16.5 Å². The van der Waals surface area contributed by atoms with Crippen LogP contribution < -0.4 is 10.0 Å². The Morgan fingerprint density at radius 1 is 1.33 bits per heavy atom. The van der Waals surface area contributed by atoms with E-state index in [-0.39, 0.29) is 16.4 Å². The van der Waals surface area contributed by atoms with Crippen molar-refractivity contribution in [1.29, 1.82) is 0 Å². The van der Waals surface area contributed by atoms with Crippen molar-refractivity contribution >= 4 is 37.5 Å². The van der Waals surface area contributed by atoms with E-state index in [1.807, 2.05) is 0 Å². The number of halogens is 2. The predicted octanol–water partition coefficient (Wildman–Crippen LogP) is 3.13. The van der Waals surface area contributed by atoms with Crippen LogP contribution in [-0.2, 0) is 10.0 Å². The van der Waals surface area contributed by atoms with Crippen molar-refractivity contribution in [1.82, 2.24) is 4.98 Å². The van der Waals surface area contributed by atoms with Gasteiger partial charge in [-0.1, -0.05) is 12.1 Å². The monoisotopic (exact) mass is 373 g/mol. The van der Waals surface area contributed by atoms with Crippen molar-refractivity contribution in [3.05, 3.63) is 46.3 Å². The van der Waals surface area contributed by atoms with E-state index >= 15 is 0 Å². The number of hydrogen-bond acceptors (Lipinski definition) is 4. The van der Waals surface area contributed by atoms with Gasteiger partial charge in [-0.2, -0.15) is 0 Å². The molecule has 8 heteroatoms. The average Bonchev–Trinajstić information content (AvgIpc) is 2.43. The summed E-state index contributed by atoms with van der Waals surface area (Å²) < 4.78 is 41.5. The maximum absolute atomic E-state index is 13.8. The van der Waals surface area contributed by atoms with E-state index in [1.54, 1.807) is 20.0 Å². The topological polar surface area (TPSA) is 71.1 Å². The van der Waals surface area contributed by atoms with Crippen LogP contribution in [-0.4, -0.2) is 20.4 Å². The van der Waals surface area contributed by atoms with E-state index < -0.39 is 15.8 Å². The van der Waals surface area contributed by atoms with Gasteiger partial charge in [-0.05, 0) is 40.5 Å². The Morgan fingerprint density at radius 2 is 2.05 bits per heavy atom. The lowest BCUT2D eigenvalue weighted by molar-refractivity contribution is 0.598.